The second kappa shape index (κ2) is 7.90. The maximum absolute atomic E-state index is 4.77. The minimum Gasteiger partial charge on any atom is -0.349 e. The van der Waals surface area contributed by atoms with Crippen LogP contribution in [0.1, 0.15) is 5.56 Å². The van der Waals surface area contributed by atoms with Gasteiger partial charge in [-0.3, -0.25) is 4.99 Å². The SMILES string of the molecule is CN(C)C(=NC[C@@H](Cc1ccccc1)N(C)C)N(C)C. The molecule has 20 heavy (non-hydrogen) atoms. The third-order valence-corrected chi connectivity index (χ3v) is 3.29. The average molecular weight is 276 g/mol. The molecule has 0 bridgehead atoms. The first-order chi connectivity index (χ1) is 9.41. The standard InChI is InChI=1S/C16H28N4/c1-18(2)15(12-14-10-8-7-9-11-14)13-17-16(19(3)4)20(5)6/h7-11,15H,12-13H2,1-6H3/t15-/m1/s1. The first kappa shape index (κ1) is 16.5. The zero-order valence-corrected chi connectivity index (χ0v) is 13.7. The van der Waals surface area contributed by atoms with Gasteiger partial charge in [0.05, 0.1) is 6.54 Å². The van der Waals surface area contributed by atoms with Gasteiger partial charge in [-0.05, 0) is 26.1 Å². The third-order valence-electron chi connectivity index (χ3n) is 3.29. The van der Waals surface area contributed by atoms with E-state index in [4.69, 9.17) is 4.99 Å². The molecule has 0 fully saturated rings. The van der Waals surface area contributed by atoms with Gasteiger partial charge in [-0.2, -0.15) is 0 Å². The average Bonchev–Trinajstić information content (AvgIpc) is 2.37. The molecule has 0 aliphatic carbocycles. The van der Waals surface area contributed by atoms with Crippen LogP contribution in [0.3, 0.4) is 0 Å². The fraction of sp³-hybridized carbons (Fsp3) is 0.562. The Balaban J connectivity index is 2.75. The van der Waals surface area contributed by atoms with Crippen molar-refractivity contribution in [2.45, 2.75) is 12.5 Å². The number of benzene rings is 1. The topological polar surface area (TPSA) is 22.1 Å². The summed E-state index contributed by atoms with van der Waals surface area (Å²) >= 11 is 0. The number of guanidine groups is 1. The second-order valence-corrected chi connectivity index (χ2v) is 5.74. The molecule has 0 amide bonds. The Morgan fingerprint density at radius 2 is 1.50 bits per heavy atom. The minimum absolute atomic E-state index is 0.410. The lowest BCUT2D eigenvalue weighted by molar-refractivity contribution is 0.296. The molecule has 0 heterocycles. The van der Waals surface area contributed by atoms with Gasteiger partial charge in [0.2, 0.25) is 0 Å². The van der Waals surface area contributed by atoms with Crippen LogP contribution < -0.4 is 0 Å². The van der Waals surface area contributed by atoms with Gasteiger partial charge in [0.15, 0.2) is 5.96 Å². The Morgan fingerprint density at radius 3 is 1.95 bits per heavy atom. The van der Waals surface area contributed by atoms with Crippen molar-refractivity contribution in [3.8, 4) is 0 Å². The summed E-state index contributed by atoms with van der Waals surface area (Å²) in [6, 6.07) is 11.0. The monoisotopic (exact) mass is 276 g/mol. The van der Waals surface area contributed by atoms with Gasteiger partial charge in [0.25, 0.3) is 0 Å². The third kappa shape index (κ3) is 5.21. The van der Waals surface area contributed by atoms with Crippen LogP contribution in [-0.2, 0) is 6.42 Å². The zero-order valence-electron chi connectivity index (χ0n) is 13.7. The molecule has 0 radical (unpaired) electrons. The van der Waals surface area contributed by atoms with Crippen LogP contribution in [0.2, 0.25) is 0 Å². The predicted molar refractivity (Wildman–Crippen MR) is 87.3 cm³/mol. The van der Waals surface area contributed by atoms with E-state index in [1.54, 1.807) is 0 Å². The summed E-state index contributed by atoms with van der Waals surface area (Å²) in [5, 5.41) is 0. The van der Waals surface area contributed by atoms with Crippen LogP contribution in [0.4, 0.5) is 0 Å². The van der Waals surface area contributed by atoms with Crippen LogP contribution in [0, 0.1) is 0 Å². The number of rotatable bonds is 5. The molecular formula is C16H28N4. The highest BCUT2D eigenvalue weighted by Crippen LogP contribution is 2.07. The Morgan fingerprint density at radius 1 is 0.950 bits per heavy atom. The molecular weight excluding hydrogens is 248 g/mol. The Labute approximate surface area is 123 Å². The number of aliphatic imine (C=N–C) groups is 1. The van der Waals surface area contributed by atoms with E-state index in [2.05, 4.69) is 59.1 Å². The van der Waals surface area contributed by atoms with Crippen LogP contribution in [0.15, 0.2) is 35.3 Å². The maximum Gasteiger partial charge on any atom is 0.195 e. The largest absolute Gasteiger partial charge is 0.349 e. The van der Waals surface area contributed by atoms with Gasteiger partial charge in [-0.1, -0.05) is 30.3 Å². The molecule has 0 spiro atoms. The van der Waals surface area contributed by atoms with Crippen LogP contribution in [0.5, 0.6) is 0 Å². The number of likely N-dealkylation sites (N-methyl/N-ethyl adjacent to an activating group) is 1. The number of nitrogens with zero attached hydrogens (tertiary/aromatic N) is 4. The van der Waals surface area contributed by atoms with E-state index in [1.807, 2.05) is 28.2 Å². The van der Waals surface area contributed by atoms with E-state index in [0.29, 0.717) is 6.04 Å². The highest BCUT2D eigenvalue weighted by Gasteiger charge is 2.13. The van der Waals surface area contributed by atoms with Crippen molar-refractivity contribution < 1.29 is 0 Å². The molecule has 0 aliphatic heterocycles. The molecule has 0 saturated carbocycles. The maximum atomic E-state index is 4.77. The molecule has 1 aromatic carbocycles. The lowest BCUT2D eigenvalue weighted by Gasteiger charge is -2.26. The van der Waals surface area contributed by atoms with Gasteiger partial charge in [0.1, 0.15) is 0 Å². The van der Waals surface area contributed by atoms with Crippen molar-refractivity contribution in [3.05, 3.63) is 35.9 Å². The summed E-state index contributed by atoms with van der Waals surface area (Å²) in [6.07, 6.45) is 1.02. The van der Waals surface area contributed by atoms with Crippen LogP contribution in [-0.4, -0.2) is 75.5 Å². The van der Waals surface area contributed by atoms with Gasteiger partial charge in [0, 0.05) is 34.2 Å². The molecule has 1 rings (SSSR count). The predicted octanol–water partition coefficient (Wildman–Crippen LogP) is 1.64. The molecule has 1 atom stereocenters. The molecule has 4 heteroatoms. The second-order valence-electron chi connectivity index (χ2n) is 5.74. The van der Waals surface area contributed by atoms with Crippen LogP contribution >= 0.6 is 0 Å². The summed E-state index contributed by atoms with van der Waals surface area (Å²) in [7, 11) is 12.4. The van der Waals surface area contributed by atoms with Gasteiger partial charge in [-0.25, -0.2) is 0 Å². The van der Waals surface area contributed by atoms with Gasteiger partial charge < -0.3 is 14.7 Å². The normalized spacial score (nSPS) is 12.2. The smallest absolute Gasteiger partial charge is 0.195 e. The Kier molecular flexibility index (Phi) is 6.52. The first-order valence-electron chi connectivity index (χ1n) is 7.01. The highest BCUT2D eigenvalue weighted by atomic mass is 15.3. The summed E-state index contributed by atoms with van der Waals surface area (Å²) in [5.41, 5.74) is 1.36. The molecule has 0 saturated heterocycles. The van der Waals surface area contributed by atoms with Crippen molar-refractivity contribution >= 4 is 5.96 Å². The first-order valence-corrected chi connectivity index (χ1v) is 7.01. The van der Waals surface area contributed by atoms with E-state index < -0.39 is 0 Å². The van der Waals surface area contributed by atoms with E-state index in [0.717, 1.165) is 18.9 Å². The molecule has 1 aromatic rings. The summed E-state index contributed by atoms with van der Waals surface area (Å²) in [5.74, 6) is 1.00. The minimum atomic E-state index is 0.410. The van der Waals surface area contributed by atoms with Crippen LogP contribution in [0.25, 0.3) is 0 Å². The number of hydrogen-bond donors (Lipinski definition) is 0. The number of hydrogen-bond acceptors (Lipinski definition) is 2. The summed E-state index contributed by atoms with van der Waals surface area (Å²) in [4.78, 5) is 11.1. The van der Waals surface area contributed by atoms with E-state index in [1.165, 1.54) is 5.56 Å². The lowest BCUT2D eigenvalue weighted by Crippen LogP contribution is -2.38. The van der Waals surface area contributed by atoms with Crippen molar-refractivity contribution in [1.29, 1.82) is 0 Å². The zero-order chi connectivity index (χ0) is 15.1. The summed E-state index contributed by atoms with van der Waals surface area (Å²) < 4.78 is 0. The van der Waals surface area contributed by atoms with Gasteiger partial charge >= 0.3 is 0 Å². The molecule has 4 nitrogen and oxygen atoms in total. The molecule has 0 aliphatic rings. The van der Waals surface area contributed by atoms with Crippen molar-refractivity contribution in [2.24, 2.45) is 4.99 Å². The highest BCUT2D eigenvalue weighted by molar-refractivity contribution is 5.79. The molecule has 0 aromatic heterocycles. The molecule has 0 unspecified atom stereocenters. The van der Waals surface area contributed by atoms with Gasteiger partial charge in [-0.15, -0.1) is 0 Å². The fourth-order valence-corrected chi connectivity index (χ4v) is 2.17. The van der Waals surface area contributed by atoms with Crippen molar-refractivity contribution in [3.63, 3.8) is 0 Å². The lowest BCUT2D eigenvalue weighted by atomic mass is 10.1. The van der Waals surface area contributed by atoms with Crippen molar-refractivity contribution in [2.75, 3.05) is 48.8 Å². The van der Waals surface area contributed by atoms with E-state index >= 15 is 0 Å². The van der Waals surface area contributed by atoms with E-state index in [-0.39, 0.29) is 0 Å². The molecule has 112 valence electrons. The van der Waals surface area contributed by atoms with E-state index in [9.17, 15) is 0 Å². The summed E-state index contributed by atoms with van der Waals surface area (Å²) in [6.45, 7) is 0.799. The Bertz CT molecular complexity index is 400. The van der Waals surface area contributed by atoms with Crippen molar-refractivity contribution in [1.82, 2.24) is 14.7 Å². The fourth-order valence-electron chi connectivity index (χ4n) is 2.17. The molecule has 0 N–H and O–H groups in total. The Hall–Kier alpha value is -1.55. The quantitative estimate of drug-likeness (QED) is 0.603.